The lowest BCUT2D eigenvalue weighted by molar-refractivity contribution is 0.397. The van der Waals surface area contributed by atoms with Gasteiger partial charge in [0.15, 0.2) is 11.6 Å². The van der Waals surface area contributed by atoms with E-state index in [4.69, 9.17) is 10.1 Å². The SMILES string of the molecule is COc1cnc2c(Nc3ccc(F)c(C4C[S+]([O-])N(C)C(=N)N4)c3)nccc2n1. The Morgan fingerprint density at radius 3 is 2.97 bits per heavy atom. The number of rotatable bonds is 4. The maximum absolute atomic E-state index is 14.5. The van der Waals surface area contributed by atoms with Crippen LogP contribution in [-0.2, 0) is 11.4 Å². The Bertz CT molecular complexity index is 1080. The molecule has 0 spiro atoms. The third-order valence-electron chi connectivity index (χ3n) is 4.52. The van der Waals surface area contributed by atoms with E-state index in [1.807, 2.05) is 0 Å². The van der Waals surface area contributed by atoms with Gasteiger partial charge in [-0.25, -0.2) is 19.3 Å². The second-order valence-corrected chi connectivity index (χ2v) is 7.86. The predicted octanol–water partition coefficient (Wildman–Crippen LogP) is 2.09. The monoisotopic (exact) mass is 415 g/mol. The van der Waals surface area contributed by atoms with E-state index in [2.05, 4.69) is 25.6 Å². The molecule has 2 aromatic heterocycles. The molecule has 29 heavy (non-hydrogen) atoms. The van der Waals surface area contributed by atoms with Gasteiger partial charge in [-0.15, -0.1) is 0 Å². The van der Waals surface area contributed by atoms with Crippen molar-refractivity contribution in [2.45, 2.75) is 6.04 Å². The minimum atomic E-state index is -1.40. The van der Waals surface area contributed by atoms with Crippen LogP contribution in [0.5, 0.6) is 5.88 Å². The van der Waals surface area contributed by atoms with Crippen LogP contribution in [-0.4, -0.2) is 49.7 Å². The Kier molecular flexibility index (Phi) is 5.07. The Hall–Kier alpha value is -3.18. The molecule has 0 aliphatic carbocycles. The minimum Gasteiger partial charge on any atom is -0.593 e. The highest BCUT2D eigenvalue weighted by atomic mass is 32.2. The first-order valence-electron chi connectivity index (χ1n) is 8.66. The van der Waals surface area contributed by atoms with E-state index in [1.165, 1.54) is 23.7 Å². The molecule has 2 atom stereocenters. The molecule has 1 saturated heterocycles. The van der Waals surface area contributed by atoms with Crippen LogP contribution >= 0.6 is 0 Å². The number of pyridine rings is 1. The summed E-state index contributed by atoms with van der Waals surface area (Å²) in [5.41, 5.74) is 2.04. The fourth-order valence-corrected chi connectivity index (χ4v) is 3.99. The van der Waals surface area contributed by atoms with Crippen LogP contribution < -0.4 is 15.4 Å². The van der Waals surface area contributed by atoms with Crippen molar-refractivity contribution in [2.75, 3.05) is 25.2 Å². The Morgan fingerprint density at radius 1 is 1.38 bits per heavy atom. The van der Waals surface area contributed by atoms with Crippen LogP contribution in [0.3, 0.4) is 0 Å². The number of fused-ring (bicyclic) bond motifs is 1. The molecule has 3 N–H and O–H groups in total. The van der Waals surface area contributed by atoms with Crippen molar-refractivity contribution in [2.24, 2.45) is 0 Å². The lowest BCUT2D eigenvalue weighted by atomic mass is 10.1. The van der Waals surface area contributed by atoms with Gasteiger partial charge in [-0.1, -0.05) is 0 Å². The number of ether oxygens (including phenoxy) is 1. The smallest absolute Gasteiger partial charge is 0.234 e. The summed E-state index contributed by atoms with van der Waals surface area (Å²) in [4.78, 5) is 13.0. The van der Waals surface area contributed by atoms with Crippen molar-refractivity contribution < 1.29 is 13.7 Å². The van der Waals surface area contributed by atoms with E-state index in [0.29, 0.717) is 34.0 Å². The largest absolute Gasteiger partial charge is 0.593 e. The van der Waals surface area contributed by atoms with Gasteiger partial charge in [0.25, 0.3) is 0 Å². The summed E-state index contributed by atoms with van der Waals surface area (Å²) in [5.74, 6) is 0.553. The molecule has 1 aliphatic rings. The molecule has 0 amide bonds. The highest BCUT2D eigenvalue weighted by Crippen LogP contribution is 2.28. The number of hydrogen-bond donors (Lipinski definition) is 3. The third-order valence-corrected chi connectivity index (χ3v) is 5.93. The summed E-state index contributed by atoms with van der Waals surface area (Å²) >= 11 is -1.40. The number of methoxy groups -OCH3 is 1. The van der Waals surface area contributed by atoms with Crippen molar-refractivity contribution in [3.8, 4) is 5.88 Å². The quantitative estimate of drug-likeness (QED) is 0.554. The normalized spacial score (nSPS) is 19.2. The van der Waals surface area contributed by atoms with Crippen molar-refractivity contribution in [3.63, 3.8) is 0 Å². The van der Waals surface area contributed by atoms with Crippen LogP contribution in [0.4, 0.5) is 15.9 Å². The molecule has 1 fully saturated rings. The molecule has 1 aromatic carbocycles. The molecule has 11 heteroatoms. The van der Waals surface area contributed by atoms with Crippen molar-refractivity contribution in [1.82, 2.24) is 24.6 Å². The van der Waals surface area contributed by atoms with Gasteiger partial charge in [-0.3, -0.25) is 5.41 Å². The first kappa shape index (κ1) is 19.2. The Morgan fingerprint density at radius 2 is 2.21 bits per heavy atom. The number of guanidine groups is 1. The third kappa shape index (κ3) is 3.74. The van der Waals surface area contributed by atoms with Crippen LogP contribution in [0.25, 0.3) is 11.0 Å². The molecule has 3 aromatic rings. The van der Waals surface area contributed by atoms with E-state index in [0.717, 1.165) is 0 Å². The Labute approximate surface area is 169 Å². The van der Waals surface area contributed by atoms with Crippen LogP contribution in [0, 0.1) is 11.2 Å². The lowest BCUT2D eigenvalue weighted by Gasteiger charge is -2.33. The number of nitrogens with zero attached hydrogens (tertiary/aromatic N) is 4. The highest BCUT2D eigenvalue weighted by molar-refractivity contribution is 7.89. The van der Waals surface area contributed by atoms with Gasteiger partial charge in [0, 0.05) is 17.4 Å². The summed E-state index contributed by atoms with van der Waals surface area (Å²) in [6.45, 7) is 0. The number of aromatic nitrogens is 3. The van der Waals surface area contributed by atoms with Gasteiger partial charge in [0.1, 0.15) is 17.4 Å². The summed E-state index contributed by atoms with van der Waals surface area (Å²) in [5, 5.41) is 13.9. The lowest BCUT2D eigenvalue weighted by Crippen LogP contribution is -2.52. The van der Waals surface area contributed by atoms with Gasteiger partial charge in [0.05, 0.1) is 37.2 Å². The fourth-order valence-electron chi connectivity index (χ4n) is 2.97. The molecule has 1 aliphatic heterocycles. The number of hydrogen-bond acceptors (Lipinski definition) is 7. The Balaban J connectivity index is 1.65. The van der Waals surface area contributed by atoms with E-state index in [9.17, 15) is 8.94 Å². The molecular weight excluding hydrogens is 397 g/mol. The van der Waals surface area contributed by atoms with Crippen LogP contribution in [0.1, 0.15) is 11.6 Å². The van der Waals surface area contributed by atoms with E-state index >= 15 is 0 Å². The molecule has 2 unspecified atom stereocenters. The molecule has 4 rings (SSSR count). The van der Waals surface area contributed by atoms with Gasteiger partial charge in [0.2, 0.25) is 11.8 Å². The van der Waals surface area contributed by atoms with Crippen LogP contribution in [0.15, 0.2) is 36.7 Å². The summed E-state index contributed by atoms with van der Waals surface area (Å²) < 4.78 is 33.0. The predicted molar refractivity (Wildman–Crippen MR) is 108 cm³/mol. The fraction of sp³-hybridized carbons (Fsp3) is 0.222. The van der Waals surface area contributed by atoms with Crippen molar-refractivity contribution >= 4 is 39.9 Å². The van der Waals surface area contributed by atoms with E-state index in [-0.39, 0.29) is 11.7 Å². The number of benzene rings is 1. The molecule has 9 nitrogen and oxygen atoms in total. The standard InChI is InChI=1S/C18H18FN7O2S/c1-26-18(20)25-14(9-29(26)27)11-7-10(3-4-12(11)19)23-17-16-13(5-6-21-17)24-15(28-2)8-22-16/h3-8,14H,9H2,1-2H3,(H2,20,25)(H,21,23). The first-order valence-corrected chi connectivity index (χ1v) is 9.93. The second kappa shape index (κ2) is 7.68. The summed E-state index contributed by atoms with van der Waals surface area (Å²) in [6, 6.07) is 5.65. The zero-order chi connectivity index (χ0) is 20.5. The zero-order valence-electron chi connectivity index (χ0n) is 15.6. The molecular formula is C18H18FN7O2S. The van der Waals surface area contributed by atoms with Crippen molar-refractivity contribution in [1.29, 1.82) is 5.41 Å². The zero-order valence-corrected chi connectivity index (χ0v) is 16.5. The van der Waals surface area contributed by atoms with Crippen LogP contribution in [0.2, 0.25) is 0 Å². The number of halogens is 1. The highest BCUT2D eigenvalue weighted by Gasteiger charge is 2.33. The van der Waals surface area contributed by atoms with E-state index < -0.39 is 23.2 Å². The van der Waals surface area contributed by atoms with Crippen molar-refractivity contribution in [3.05, 3.63) is 48.0 Å². The molecule has 3 heterocycles. The maximum Gasteiger partial charge on any atom is 0.234 e. The van der Waals surface area contributed by atoms with Gasteiger partial charge in [-0.2, -0.15) is 4.31 Å². The summed E-state index contributed by atoms with van der Waals surface area (Å²) in [7, 11) is 3.07. The maximum atomic E-state index is 14.5. The second-order valence-electron chi connectivity index (χ2n) is 6.33. The molecule has 0 radical (unpaired) electrons. The number of anilines is 2. The minimum absolute atomic E-state index is 0.0164. The number of nitrogens with one attached hydrogen (secondary N) is 3. The van der Waals surface area contributed by atoms with Gasteiger partial charge >= 0.3 is 0 Å². The van der Waals surface area contributed by atoms with E-state index in [1.54, 1.807) is 31.4 Å². The van der Waals surface area contributed by atoms with Gasteiger partial charge < -0.3 is 19.9 Å². The molecule has 0 saturated carbocycles. The average Bonchev–Trinajstić information content (AvgIpc) is 2.72. The molecule has 0 bridgehead atoms. The van der Waals surface area contributed by atoms with Gasteiger partial charge in [-0.05, 0) is 24.3 Å². The average molecular weight is 415 g/mol. The first-order chi connectivity index (χ1) is 14.0. The summed E-state index contributed by atoms with van der Waals surface area (Å²) in [6.07, 6.45) is 3.08. The topological polar surface area (TPSA) is 122 Å². The molecule has 150 valence electrons.